The van der Waals surface area contributed by atoms with E-state index in [0.29, 0.717) is 36.6 Å². The van der Waals surface area contributed by atoms with Crippen LogP contribution in [0.15, 0.2) is 96.6 Å². The minimum Gasteiger partial charge on any atom is -0.388 e. The third kappa shape index (κ3) is 12.0. The van der Waals surface area contributed by atoms with Crippen LogP contribution in [0.1, 0.15) is 84.3 Å². The lowest BCUT2D eigenvalue weighted by Crippen LogP contribution is -2.47. The molecule has 0 aliphatic heterocycles. The molecule has 2 aromatic rings. The van der Waals surface area contributed by atoms with E-state index in [4.69, 9.17) is 4.98 Å². The summed E-state index contributed by atoms with van der Waals surface area (Å²) in [6.45, 7) is 32.4. The number of nitrogens with one attached hydrogen (secondary N) is 3. The van der Waals surface area contributed by atoms with Gasteiger partial charge in [-0.2, -0.15) is 0 Å². The van der Waals surface area contributed by atoms with E-state index in [0.717, 1.165) is 54.2 Å². The molecule has 0 fully saturated rings. The number of allylic oxidation sites excluding steroid dienone is 6. The SMILES string of the molecule is C=C/C(C)=C(F)\C=C/CCNC(=C)c1cc(C(C)(C)NC(CCC/C=C(\C)C=NCC(=C)NCC)C(C)C=C)n2cc(C)nc2n1. The summed E-state index contributed by atoms with van der Waals surface area (Å²) in [5, 5.41) is 10.5. The normalized spacial score (nSPS) is 14.4. The standard InChI is InChI=1S/C38H56FN7/c1-12-28(5)33(39)20-17-18-22-42-32(9)35-23-36(46-26-31(8)43-37(46)44-35)38(10,11)45-34(29(6)13-2)21-16-15-19-27(4)24-40-25-30(7)41-14-3/h12-13,17,19-20,23-24,26,29,34,41-42,45H,1-2,7,9,14-16,18,21-22,25H2,3-6,8,10-11H3/b20-17-,27-19+,33-28+,40-24?. The van der Waals surface area contributed by atoms with Gasteiger partial charge in [-0.05, 0) is 96.4 Å². The number of hydrogen-bond acceptors (Lipinski definition) is 6. The Morgan fingerprint density at radius 3 is 2.57 bits per heavy atom. The van der Waals surface area contributed by atoms with Gasteiger partial charge < -0.3 is 16.0 Å². The summed E-state index contributed by atoms with van der Waals surface area (Å²) < 4.78 is 16.0. The molecule has 46 heavy (non-hydrogen) atoms. The summed E-state index contributed by atoms with van der Waals surface area (Å²) in [6, 6.07) is 2.29. The zero-order valence-electron chi connectivity index (χ0n) is 29.2. The van der Waals surface area contributed by atoms with E-state index < -0.39 is 5.54 Å². The van der Waals surface area contributed by atoms with Crippen molar-refractivity contribution in [2.75, 3.05) is 19.6 Å². The molecule has 0 aromatic carbocycles. The van der Waals surface area contributed by atoms with E-state index in [1.807, 2.05) is 25.4 Å². The largest absolute Gasteiger partial charge is 0.388 e. The van der Waals surface area contributed by atoms with E-state index in [1.54, 1.807) is 13.0 Å². The molecule has 2 rings (SSSR count). The van der Waals surface area contributed by atoms with E-state index in [1.165, 1.54) is 12.2 Å². The highest BCUT2D eigenvalue weighted by molar-refractivity contribution is 5.77. The second kappa shape index (κ2) is 18.8. The molecule has 0 spiro atoms. The van der Waals surface area contributed by atoms with Crippen molar-refractivity contribution >= 4 is 17.7 Å². The highest BCUT2D eigenvalue weighted by Crippen LogP contribution is 2.27. The van der Waals surface area contributed by atoms with Gasteiger partial charge in [-0.25, -0.2) is 14.4 Å². The van der Waals surface area contributed by atoms with E-state index in [2.05, 4.69) is 103 Å². The molecule has 2 unspecified atom stereocenters. The van der Waals surface area contributed by atoms with Gasteiger partial charge in [0.25, 0.3) is 0 Å². The molecule has 0 aliphatic carbocycles. The van der Waals surface area contributed by atoms with Crippen LogP contribution in [-0.4, -0.2) is 46.3 Å². The average molecular weight is 630 g/mol. The molecule has 3 N–H and O–H groups in total. The average Bonchev–Trinajstić information content (AvgIpc) is 3.40. The molecule has 0 amide bonds. The van der Waals surface area contributed by atoms with Crippen molar-refractivity contribution in [3.05, 3.63) is 109 Å². The lowest BCUT2D eigenvalue weighted by molar-refractivity contribution is 0.281. The molecule has 2 atom stereocenters. The van der Waals surface area contributed by atoms with Gasteiger partial charge in [0.05, 0.1) is 29.2 Å². The van der Waals surface area contributed by atoms with Crippen LogP contribution < -0.4 is 16.0 Å². The fourth-order valence-corrected chi connectivity index (χ4v) is 5.02. The van der Waals surface area contributed by atoms with Crippen molar-refractivity contribution < 1.29 is 4.39 Å². The Hall–Kier alpha value is -4.04. The first-order valence-electron chi connectivity index (χ1n) is 16.3. The number of aliphatic imine (C=N–C) groups is 1. The van der Waals surface area contributed by atoms with Crippen molar-refractivity contribution in [1.29, 1.82) is 0 Å². The van der Waals surface area contributed by atoms with E-state index >= 15 is 0 Å². The summed E-state index contributed by atoms with van der Waals surface area (Å²) in [7, 11) is 0. The number of nitrogens with zero attached hydrogens (tertiary/aromatic N) is 4. The zero-order chi connectivity index (χ0) is 34.3. The number of imidazole rings is 1. The van der Waals surface area contributed by atoms with E-state index in [-0.39, 0.29) is 17.8 Å². The van der Waals surface area contributed by atoms with Crippen LogP contribution in [0.4, 0.5) is 4.39 Å². The summed E-state index contributed by atoms with van der Waals surface area (Å²) in [5.74, 6) is 0.613. The van der Waals surface area contributed by atoms with Crippen LogP contribution in [0.5, 0.6) is 0 Å². The van der Waals surface area contributed by atoms with Crippen molar-refractivity contribution in [2.24, 2.45) is 10.9 Å². The predicted molar refractivity (Wildman–Crippen MR) is 196 cm³/mol. The van der Waals surface area contributed by atoms with Crippen molar-refractivity contribution in [2.45, 2.75) is 85.7 Å². The Bertz CT molecular complexity index is 1470. The molecular formula is C38H56FN7. The first-order valence-corrected chi connectivity index (χ1v) is 16.3. The van der Waals surface area contributed by atoms with Crippen LogP contribution in [0.2, 0.25) is 0 Å². The van der Waals surface area contributed by atoms with Crippen LogP contribution in [-0.2, 0) is 5.54 Å². The van der Waals surface area contributed by atoms with Gasteiger partial charge in [-0.3, -0.25) is 9.39 Å². The zero-order valence-corrected chi connectivity index (χ0v) is 29.2. The van der Waals surface area contributed by atoms with Crippen LogP contribution in [0.3, 0.4) is 0 Å². The Morgan fingerprint density at radius 1 is 1.15 bits per heavy atom. The van der Waals surface area contributed by atoms with Crippen molar-refractivity contribution in [1.82, 2.24) is 30.3 Å². The minimum atomic E-state index is -0.422. The van der Waals surface area contributed by atoms with Crippen LogP contribution in [0.25, 0.3) is 11.5 Å². The molecule has 7 nitrogen and oxygen atoms in total. The summed E-state index contributed by atoms with van der Waals surface area (Å²) >= 11 is 0. The van der Waals surface area contributed by atoms with Gasteiger partial charge in [-0.15, -0.1) is 6.58 Å². The highest BCUT2D eigenvalue weighted by atomic mass is 19.1. The van der Waals surface area contributed by atoms with E-state index in [9.17, 15) is 4.39 Å². The highest BCUT2D eigenvalue weighted by Gasteiger charge is 2.29. The number of hydrogen-bond donors (Lipinski definition) is 3. The number of halogens is 1. The molecule has 250 valence electrons. The second-order valence-electron chi connectivity index (χ2n) is 12.4. The third-order valence-electron chi connectivity index (χ3n) is 7.85. The third-order valence-corrected chi connectivity index (χ3v) is 7.85. The molecular weight excluding hydrogens is 573 g/mol. The lowest BCUT2D eigenvalue weighted by Gasteiger charge is -2.35. The Labute approximate surface area is 277 Å². The monoisotopic (exact) mass is 629 g/mol. The number of likely N-dealkylation sites (N-methyl/N-ethyl adjacent to an activating group) is 1. The molecule has 0 saturated carbocycles. The number of aromatic nitrogens is 3. The fraction of sp³-hybridized carbons (Fsp3) is 0.447. The lowest BCUT2D eigenvalue weighted by atomic mass is 9.90. The molecule has 0 bridgehead atoms. The smallest absolute Gasteiger partial charge is 0.234 e. The van der Waals surface area contributed by atoms with Gasteiger partial charge in [0.15, 0.2) is 0 Å². The Kier molecular flexibility index (Phi) is 15.6. The quantitative estimate of drug-likeness (QED) is 0.0560. The number of unbranched alkanes of at least 4 members (excludes halogenated alkanes) is 1. The van der Waals surface area contributed by atoms with Gasteiger partial charge >= 0.3 is 0 Å². The van der Waals surface area contributed by atoms with Crippen LogP contribution >= 0.6 is 0 Å². The second-order valence-corrected chi connectivity index (χ2v) is 12.4. The predicted octanol–water partition coefficient (Wildman–Crippen LogP) is 8.30. The number of aryl methyl sites for hydroxylation is 1. The van der Waals surface area contributed by atoms with Gasteiger partial charge in [-0.1, -0.05) is 51.0 Å². The van der Waals surface area contributed by atoms with Gasteiger partial charge in [0.2, 0.25) is 5.78 Å². The van der Waals surface area contributed by atoms with Crippen molar-refractivity contribution in [3.63, 3.8) is 0 Å². The summed E-state index contributed by atoms with van der Waals surface area (Å²) in [5.41, 5.74) is 5.53. The molecule has 8 heteroatoms. The van der Waals surface area contributed by atoms with Crippen LogP contribution in [0, 0.1) is 12.8 Å². The molecule has 0 radical (unpaired) electrons. The first kappa shape index (κ1) is 38.1. The maximum atomic E-state index is 14.0. The molecule has 0 saturated heterocycles. The molecule has 0 aliphatic rings. The first-order chi connectivity index (χ1) is 21.8. The maximum absolute atomic E-state index is 14.0. The summed E-state index contributed by atoms with van der Waals surface area (Å²) in [6.07, 6.45) is 16.6. The Morgan fingerprint density at radius 2 is 1.89 bits per heavy atom. The fourth-order valence-electron chi connectivity index (χ4n) is 5.02. The topological polar surface area (TPSA) is 78.6 Å². The molecule has 2 heterocycles. The Balaban J connectivity index is 2.17. The maximum Gasteiger partial charge on any atom is 0.234 e. The van der Waals surface area contributed by atoms with Crippen molar-refractivity contribution in [3.8, 4) is 0 Å². The van der Waals surface area contributed by atoms with Gasteiger partial charge in [0.1, 0.15) is 5.83 Å². The molecule has 2 aromatic heterocycles. The number of fused-ring (bicyclic) bond motifs is 1. The minimum absolute atomic E-state index is 0.210. The van der Waals surface area contributed by atoms with Gasteiger partial charge in [0, 0.05) is 42.9 Å². The number of rotatable bonds is 21. The summed E-state index contributed by atoms with van der Waals surface area (Å²) in [4.78, 5) is 14.0.